The highest BCUT2D eigenvalue weighted by Gasteiger charge is 2.40. The highest BCUT2D eigenvalue weighted by atomic mass is 16.5. The summed E-state index contributed by atoms with van der Waals surface area (Å²) in [4.78, 5) is 41.0. The van der Waals surface area contributed by atoms with Crippen LogP contribution in [0.15, 0.2) is 42.5 Å². The van der Waals surface area contributed by atoms with Crippen molar-refractivity contribution in [3.63, 3.8) is 0 Å². The Morgan fingerprint density at radius 3 is 2.50 bits per heavy atom. The van der Waals surface area contributed by atoms with E-state index >= 15 is 0 Å². The lowest BCUT2D eigenvalue weighted by molar-refractivity contribution is -0.145. The third kappa shape index (κ3) is 7.54. The van der Waals surface area contributed by atoms with Gasteiger partial charge in [0, 0.05) is 31.5 Å². The van der Waals surface area contributed by atoms with E-state index in [0.717, 1.165) is 42.3 Å². The molecule has 4 atom stereocenters. The molecule has 1 heterocycles. The molecule has 2 aromatic rings. The van der Waals surface area contributed by atoms with Crippen LogP contribution in [0.4, 0.5) is 0 Å². The fraction of sp³-hybridized carbons (Fsp3) is 0.567. The first-order valence-electron chi connectivity index (χ1n) is 13.7. The molecule has 8 nitrogen and oxygen atoms in total. The Morgan fingerprint density at radius 2 is 1.84 bits per heavy atom. The van der Waals surface area contributed by atoms with Crippen LogP contribution in [0.2, 0.25) is 0 Å². The first-order chi connectivity index (χ1) is 18.0. The number of carbonyl (C=O) groups excluding carboxylic acids is 3. The number of fused-ring (bicyclic) bond motifs is 1. The number of methoxy groups -OCH3 is 1. The molecule has 0 saturated carbocycles. The van der Waals surface area contributed by atoms with Crippen LogP contribution in [0, 0.1) is 5.41 Å². The molecule has 0 aromatic heterocycles. The Labute approximate surface area is 226 Å². The van der Waals surface area contributed by atoms with Crippen molar-refractivity contribution in [1.29, 1.82) is 0 Å². The maximum absolute atomic E-state index is 13.5. The number of hydrogen-bond acceptors (Lipinski definition) is 5. The number of amides is 3. The summed E-state index contributed by atoms with van der Waals surface area (Å²) in [5.74, 6) is -1.27. The lowest BCUT2D eigenvalue weighted by Crippen LogP contribution is -2.55. The van der Waals surface area contributed by atoms with Gasteiger partial charge < -0.3 is 26.0 Å². The van der Waals surface area contributed by atoms with Gasteiger partial charge in [0.05, 0.1) is 6.10 Å². The number of likely N-dealkylation sites (tertiary alicyclic amines) is 1. The molecule has 208 valence electrons. The fourth-order valence-corrected chi connectivity index (χ4v) is 5.13. The minimum Gasteiger partial charge on any atom is -0.380 e. The van der Waals surface area contributed by atoms with Gasteiger partial charge in [0.2, 0.25) is 17.7 Å². The zero-order valence-electron chi connectivity index (χ0n) is 23.5. The van der Waals surface area contributed by atoms with E-state index in [9.17, 15) is 14.4 Å². The normalized spacial score (nSPS) is 18.2. The molecule has 0 bridgehead atoms. The second-order valence-corrected chi connectivity index (χ2v) is 11.4. The molecule has 1 saturated heterocycles. The van der Waals surface area contributed by atoms with E-state index in [4.69, 9.17) is 10.5 Å². The third-order valence-electron chi connectivity index (χ3n) is 7.37. The quantitative estimate of drug-likeness (QED) is 0.369. The summed E-state index contributed by atoms with van der Waals surface area (Å²) in [5.41, 5.74) is 6.28. The summed E-state index contributed by atoms with van der Waals surface area (Å²) in [6, 6.07) is 12.7. The van der Waals surface area contributed by atoms with Crippen LogP contribution in [-0.4, -0.2) is 67.6 Å². The summed E-state index contributed by atoms with van der Waals surface area (Å²) >= 11 is 0. The Kier molecular flexibility index (Phi) is 10.3. The maximum atomic E-state index is 13.5. The predicted molar refractivity (Wildman–Crippen MR) is 151 cm³/mol. The average Bonchev–Trinajstić information content (AvgIpc) is 3.38. The van der Waals surface area contributed by atoms with Crippen LogP contribution in [-0.2, 0) is 19.1 Å². The lowest BCUT2D eigenvalue weighted by atomic mass is 9.85. The molecular weight excluding hydrogens is 480 g/mol. The van der Waals surface area contributed by atoms with E-state index in [2.05, 4.69) is 16.7 Å². The van der Waals surface area contributed by atoms with Crippen molar-refractivity contribution in [2.45, 2.75) is 77.5 Å². The lowest BCUT2D eigenvalue weighted by Gasteiger charge is -2.32. The largest absolute Gasteiger partial charge is 0.380 e. The minimum absolute atomic E-state index is 0.0618. The van der Waals surface area contributed by atoms with Gasteiger partial charge in [-0.15, -0.1) is 0 Å². The number of hydrogen-bond donors (Lipinski definition) is 3. The average molecular weight is 525 g/mol. The van der Waals surface area contributed by atoms with E-state index < -0.39 is 23.4 Å². The van der Waals surface area contributed by atoms with Crippen molar-refractivity contribution in [2.75, 3.05) is 26.7 Å². The van der Waals surface area contributed by atoms with Crippen LogP contribution < -0.4 is 16.4 Å². The van der Waals surface area contributed by atoms with Crippen molar-refractivity contribution >= 4 is 28.5 Å². The fourth-order valence-electron chi connectivity index (χ4n) is 5.13. The van der Waals surface area contributed by atoms with E-state index in [1.54, 1.807) is 12.0 Å². The van der Waals surface area contributed by atoms with Gasteiger partial charge in [-0.05, 0) is 55.5 Å². The summed E-state index contributed by atoms with van der Waals surface area (Å²) in [5, 5.41) is 8.52. The first kappa shape index (κ1) is 29.6. The van der Waals surface area contributed by atoms with Gasteiger partial charge >= 0.3 is 0 Å². The number of ether oxygens (including phenoxy) is 1. The van der Waals surface area contributed by atoms with Crippen molar-refractivity contribution < 1.29 is 19.1 Å². The highest BCUT2D eigenvalue weighted by molar-refractivity contribution is 5.93. The summed E-state index contributed by atoms with van der Waals surface area (Å²) < 4.78 is 5.30. The van der Waals surface area contributed by atoms with Crippen molar-refractivity contribution in [3.8, 4) is 0 Å². The number of rotatable bonds is 12. The van der Waals surface area contributed by atoms with Gasteiger partial charge in [0.1, 0.15) is 12.1 Å². The van der Waals surface area contributed by atoms with Crippen LogP contribution in [0.3, 0.4) is 0 Å². The zero-order valence-corrected chi connectivity index (χ0v) is 23.5. The SMILES string of the molecule is CO[C@H](C)CNCCCC(c1ccc2ccccc2c1)C(NC(=O)C1CCCN1C(=O)C(C)(C)C)C(N)=O. The van der Waals surface area contributed by atoms with Crippen molar-refractivity contribution in [1.82, 2.24) is 15.5 Å². The zero-order chi connectivity index (χ0) is 27.9. The molecule has 0 spiro atoms. The molecular formula is C30H44N4O4. The molecule has 1 aliphatic heterocycles. The van der Waals surface area contributed by atoms with Gasteiger partial charge in [-0.2, -0.15) is 0 Å². The van der Waals surface area contributed by atoms with Crippen molar-refractivity contribution in [2.24, 2.45) is 11.1 Å². The molecule has 3 rings (SSSR count). The summed E-state index contributed by atoms with van der Waals surface area (Å²) in [6.45, 7) is 9.57. The molecule has 8 heteroatoms. The molecule has 3 unspecified atom stereocenters. The molecule has 1 aliphatic rings. The van der Waals surface area contributed by atoms with Gasteiger partial charge in [0.25, 0.3) is 0 Å². The van der Waals surface area contributed by atoms with Gasteiger partial charge in [-0.25, -0.2) is 0 Å². The molecule has 0 radical (unpaired) electrons. The van der Waals surface area contributed by atoms with E-state index in [0.29, 0.717) is 19.4 Å². The summed E-state index contributed by atoms with van der Waals surface area (Å²) in [7, 11) is 1.68. The maximum Gasteiger partial charge on any atom is 0.243 e. The third-order valence-corrected chi connectivity index (χ3v) is 7.37. The Balaban J connectivity index is 1.83. The van der Waals surface area contributed by atoms with Crippen LogP contribution in [0.25, 0.3) is 10.8 Å². The molecule has 38 heavy (non-hydrogen) atoms. The number of nitrogens with two attached hydrogens (primary N) is 1. The molecule has 0 aliphatic carbocycles. The predicted octanol–water partition coefficient (Wildman–Crippen LogP) is 3.34. The van der Waals surface area contributed by atoms with E-state index in [1.807, 2.05) is 64.1 Å². The summed E-state index contributed by atoms with van der Waals surface area (Å²) in [6.07, 6.45) is 2.86. The molecule has 1 fully saturated rings. The first-order valence-corrected chi connectivity index (χ1v) is 13.7. The van der Waals surface area contributed by atoms with Gasteiger partial charge in [-0.3, -0.25) is 14.4 Å². The number of primary amides is 1. The van der Waals surface area contributed by atoms with Crippen LogP contribution in [0.1, 0.15) is 64.9 Å². The van der Waals surface area contributed by atoms with E-state index in [-0.39, 0.29) is 23.8 Å². The van der Waals surface area contributed by atoms with Crippen LogP contribution >= 0.6 is 0 Å². The Bertz CT molecular complexity index is 1110. The molecule has 3 amide bonds. The Morgan fingerprint density at radius 1 is 1.13 bits per heavy atom. The Hall–Kier alpha value is -2.97. The second-order valence-electron chi connectivity index (χ2n) is 11.4. The monoisotopic (exact) mass is 524 g/mol. The minimum atomic E-state index is -0.895. The number of benzene rings is 2. The van der Waals surface area contributed by atoms with Gasteiger partial charge in [0.15, 0.2) is 0 Å². The molecule has 4 N–H and O–H groups in total. The highest BCUT2D eigenvalue weighted by Crippen LogP contribution is 2.30. The smallest absolute Gasteiger partial charge is 0.243 e. The second kappa shape index (κ2) is 13.2. The van der Waals surface area contributed by atoms with Gasteiger partial charge in [-0.1, -0.05) is 63.2 Å². The topological polar surface area (TPSA) is 114 Å². The number of carbonyl (C=O) groups is 3. The van der Waals surface area contributed by atoms with Crippen molar-refractivity contribution in [3.05, 3.63) is 48.0 Å². The van der Waals surface area contributed by atoms with Crippen LogP contribution in [0.5, 0.6) is 0 Å². The molecule has 2 aromatic carbocycles. The number of nitrogens with one attached hydrogen (secondary N) is 2. The standard InChI is InChI=1S/C30H44N4O4/c1-20(38-5)19-32-16-8-12-24(23-15-14-21-10-6-7-11-22(21)18-23)26(27(31)35)33-28(36)25-13-9-17-34(25)29(37)30(2,3)4/h6-7,10-11,14-15,18,20,24-26,32H,8-9,12-13,16-17,19H2,1-5H3,(H2,31,35)(H,33,36)/t20-,24?,25?,26?/m1/s1. The van der Waals surface area contributed by atoms with E-state index in [1.165, 1.54) is 0 Å². The number of nitrogens with zero attached hydrogens (tertiary/aromatic N) is 1.